The molecule has 1 aliphatic heterocycles. The lowest BCUT2D eigenvalue weighted by atomic mass is 9.91. The third kappa shape index (κ3) is 3.05. The zero-order valence-electron chi connectivity index (χ0n) is 10.7. The normalized spacial score (nSPS) is 25.1. The first kappa shape index (κ1) is 13.8. The molecule has 4 heteroatoms. The lowest BCUT2D eigenvalue weighted by molar-refractivity contribution is 0.0441. The van der Waals surface area contributed by atoms with E-state index in [2.05, 4.69) is 15.9 Å². The van der Waals surface area contributed by atoms with Gasteiger partial charge in [0.15, 0.2) is 0 Å². The summed E-state index contributed by atoms with van der Waals surface area (Å²) in [5.74, 6) is 1.05. The maximum Gasteiger partial charge on any atom is 0.133 e. The van der Waals surface area contributed by atoms with Gasteiger partial charge < -0.3 is 14.6 Å². The third-order valence-corrected chi connectivity index (χ3v) is 4.21. The molecule has 0 aliphatic carbocycles. The number of ether oxygens (including phenoxy) is 2. The molecule has 2 rings (SSSR count). The van der Waals surface area contributed by atoms with Crippen molar-refractivity contribution in [2.24, 2.45) is 5.92 Å². The molecule has 1 saturated heterocycles. The highest BCUT2D eigenvalue weighted by atomic mass is 79.9. The molecule has 3 unspecified atom stereocenters. The van der Waals surface area contributed by atoms with Gasteiger partial charge in [0.2, 0.25) is 0 Å². The Balaban J connectivity index is 2.02. The minimum absolute atomic E-state index is 0.154. The number of hydrogen-bond acceptors (Lipinski definition) is 3. The van der Waals surface area contributed by atoms with Crippen LogP contribution in [0.3, 0.4) is 0 Å². The number of rotatable bonds is 4. The minimum atomic E-state index is -0.345. The summed E-state index contributed by atoms with van der Waals surface area (Å²) >= 11 is 3.46. The van der Waals surface area contributed by atoms with Crippen LogP contribution in [0.2, 0.25) is 0 Å². The topological polar surface area (TPSA) is 38.7 Å². The van der Waals surface area contributed by atoms with Crippen molar-refractivity contribution in [1.29, 1.82) is 0 Å². The quantitative estimate of drug-likeness (QED) is 0.928. The first-order valence-electron chi connectivity index (χ1n) is 6.24. The fraction of sp³-hybridized carbons (Fsp3) is 0.571. The number of aliphatic hydroxyl groups excluding tert-OH is 1. The Hall–Kier alpha value is -0.580. The molecule has 1 aromatic carbocycles. The van der Waals surface area contributed by atoms with E-state index in [0.717, 1.165) is 28.8 Å². The van der Waals surface area contributed by atoms with E-state index in [1.165, 1.54) is 0 Å². The van der Waals surface area contributed by atoms with Crippen LogP contribution in [0.25, 0.3) is 0 Å². The summed E-state index contributed by atoms with van der Waals surface area (Å²) in [6.07, 6.45) is 1.41. The third-order valence-electron chi connectivity index (χ3n) is 3.59. The zero-order chi connectivity index (χ0) is 13.1. The second kappa shape index (κ2) is 6.04. The molecule has 1 fully saturated rings. The van der Waals surface area contributed by atoms with Crippen molar-refractivity contribution in [3.8, 4) is 5.75 Å². The maximum atomic E-state index is 10.3. The Labute approximate surface area is 116 Å². The van der Waals surface area contributed by atoms with Crippen molar-refractivity contribution in [2.75, 3.05) is 13.7 Å². The van der Waals surface area contributed by atoms with Gasteiger partial charge in [-0.25, -0.2) is 0 Å². The molecular weight excluding hydrogens is 296 g/mol. The molecule has 1 aliphatic rings. The van der Waals surface area contributed by atoms with Crippen LogP contribution < -0.4 is 4.74 Å². The van der Waals surface area contributed by atoms with Gasteiger partial charge in [-0.1, -0.05) is 6.07 Å². The van der Waals surface area contributed by atoms with Crippen LogP contribution in [0, 0.1) is 5.92 Å². The molecule has 0 amide bonds. The van der Waals surface area contributed by atoms with Crippen LogP contribution in [-0.4, -0.2) is 31.0 Å². The largest absolute Gasteiger partial charge is 0.496 e. The van der Waals surface area contributed by atoms with Crippen LogP contribution in [0.1, 0.15) is 18.9 Å². The van der Waals surface area contributed by atoms with Gasteiger partial charge in [0.25, 0.3) is 0 Å². The average molecular weight is 315 g/mol. The molecule has 1 aromatic rings. The number of hydrogen-bond donors (Lipinski definition) is 1. The molecule has 0 aromatic heterocycles. The van der Waals surface area contributed by atoms with Crippen LogP contribution in [-0.2, 0) is 11.2 Å². The van der Waals surface area contributed by atoms with Gasteiger partial charge in [-0.2, -0.15) is 0 Å². The predicted octanol–water partition coefficient (Wildman–Crippen LogP) is 2.79. The monoisotopic (exact) mass is 314 g/mol. The van der Waals surface area contributed by atoms with Gasteiger partial charge in [0.1, 0.15) is 5.75 Å². The van der Waals surface area contributed by atoms with E-state index in [1.807, 2.05) is 25.1 Å². The predicted molar refractivity (Wildman–Crippen MR) is 73.9 cm³/mol. The summed E-state index contributed by atoms with van der Waals surface area (Å²) < 4.78 is 11.6. The number of methoxy groups -OCH3 is 1. The van der Waals surface area contributed by atoms with E-state index >= 15 is 0 Å². The van der Waals surface area contributed by atoms with E-state index in [4.69, 9.17) is 9.47 Å². The molecule has 1 heterocycles. The van der Waals surface area contributed by atoms with Gasteiger partial charge >= 0.3 is 0 Å². The highest BCUT2D eigenvalue weighted by Gasteiger charge is 2.30. The van der Waals surface area contributed by atoms with Gasteiger partial charge in [-0.05, 0) is 53.4 Å². The van der Waals surface area contributed by atoms with Gasteiger partial charge in [0, 0.05) is 12.5 Å². The number of aliphatic hydroxyl groups is 1. The Kier molecular flexibility index (Phi) is 4.65. The summed E-state index contributed by atoms with van der Waals surface area (Å²) in [6.45, 7) is 2.79. The van der Waals surface area contributed by atoms with E-state index in [9.17, 15) is 5.11 Å². The lowest BCUT2D eigenvalue weighted by Gasteiger charge is -2.21. The zero-order valence-corrected chi connectivity index (χ0v) is 12.3. The summed E-state index contributed by atoms with van der Waals surface area (Å²) in [6, 6.07) is 5.91. The fourth-order valence-corrected chi connectivity index (χ4v) is 3.07. The standard InChI is InChI=1S/C14H19BrO3/c1-9-11(5-6-18-9)13(16)8-10-3-4-14(17-2)12(15)7-10/h3-4,7,9,11,13,16H,5-6,8H2,1-2H3. The van der Waals surface area contributed by atoms with Crippen molar-refractivity contribution in [3.05, 3.63) is 28.2 Å². The van der Waals surface area contributed by atoms with Crippen LogP contribution in [0.15, 0.2) is 22.7 Å². The van der Waals surface area contributed by atoms with Gasteiger partial charge in [-0.15, -0.1) is 0 Å². The lowest BCUT2D eigenvalue weighted by Crippen LogP contribution is -2.28. The average Bonchev–Trinajstić information content (AvgIpc) is 2.76. The molecule has 0 spiro atoms. The molecule has 0 bridgehead atoms. The second-order valence-corrected chi connectivity index (χ2v) is 5.62. The molecular formula is C14H19BrO3. The van der Waals surface area contributed by atoms with Crippen LogP contribution >= 0.6 is 15.9 Å². The Morgan fingerprint density at radius 3 is 2.89 bits per heavy atom. The molecule has 18 heavy (non-hydrogen) atoms. The smallest absolute Gasteiger partial charge is 0.133 e. The van der Waals surface area contributed by atoms with Gasteiger partial charge in [-0.3, -0.25) is 0 Å². The first-order valence-corrected chi connectivity index (χ1v) is 7.03. The maximum absolute atomic E-state index is 10.3. The SMILES string of the molecule is COc1ccc(CC(O)C2CCOC2C)cc1Br. The summed E-state index contributed by atoms with van der Waals surface area (Å²) in [5, 5.41) is 10.3. The highest BCUT2D eigenvalue weighted by Crippen LogP contribution is 2.29. The molecule has 3 nitrogen and oxygen atoms in total. The van der Waals surface area contributed by atoms with Crippen molar-refractivity contribution in [3.63, 3.8) is 0 Å². The highest BCUT2D eigenvalue weighted by molar-refractivity contribution is 9.10. The fourth-order valence-electron chi connectivity index (χ4n) is 2.48. The van der Waals surface area contributed by atoms with E-state index < -0.39 is 0 Å². The summed E-state index contributed by atoms with van der Waals surface area (Å²) in [4.78, 5) is 0. The first-order chi connectivity index (χ1) is 8.61. The summed E-state index contributed by atoms with van der Waals surface area (Å²) in [5.41, 5.74) is 1.11. The Morgan fingerprint density at radius 2 is 2.33 bits per heavy atom. The van der Waals surface area contributed by atoms with Crippen molar-refractivity contribution in [2.45, 2.75) is 32.0 Å². The number of benzene rings is 1. The van der Waals surface area contributed by atoms with Crippen molar-refractivity contribution < 1.29 is 14.6 Å². The summed E-state index contributed by atoms with van der Waals surface area (Å²) in [7, 11) is 1.65. The molecule has 3 atom stereocenters. The molecule has 0 saturated carbocycles. The van der Waals surface area contributed by atoms with E-state index in [0.29, 0.717) is 6.42 Å². The Bertz CT molecular complexity index is 408. The van der Waals surface area contributed by atoms with Crippen molar-refractivity contribution in [1.82, 2.24) is 0 Å². The van der Waals surface area contributed by atoms with E-state index in [1.54, 1.807) is 7.11 Å². The molecule has 0 radical (unpaired) electrons. The van der Waals surface area contributed by atoms with Crippen LogP contribution in [0.4, 0.5) is 0 Å². The minimum Gasteiger partial charge on any atom is -0.496 e. The second-order valence-electron chi connectivity index (χ2n) is 4.77. The Morgan fingerprint density at radius 1 is 1.56 bits per heavy atom. The van der Waals surface area contributed by atoms with Gasteiger partial charge in [0.05, 0.1) is 23.8 Å². The molecule has 100 valence electrons. The van der Waals surface area contributed by atoms with Crippen molar-refractivity contribution >= 4 is 15.9 Å². The number of halogens is 1. The van der Waals surface area contributed by atoms with E-state index in [-0.39, 0.29) is 18.1 Å². The van der Waals surface area contributed by atoms with Crippen LogP contribution in [0.5, 0.6) is 5.75 Å². The molecule has 1 N–H and O–H groups in total.